The smallest absolute Gasteiger partial charge is 0.135 e. The Labute approximate surface area is 121 Å². The lowest BCUT2D eigenvalue weighted by molar-refractivity contribution is 0.625. The maximum atomic E-state index is 13.8. The molecule has 100 valence electrons. The van der Waals surface area contributed by atoms with Gasteiger partial charge in [-0.05, 0) is 36.1 Å². The van der Waals surface area contributed by atoms with Crippen molar-refractivity contribution in [1.82, 2.24) is 0 Å². The molecule has 0 spiro atoms. The van der Waals surface area contributed by atoms with Crippen molar-refractivity contribution in [2.24, 2.45) is 5.73 Å². The van der Waals surface area contributed by atoms with Crippen molar-refractivity contribution >= 4 is 34.2 Å². The standard InChI is InChI=1S/C14H15FN2S2/c1-2-12(13-4-3-7-19-13)17-9-5-6-10(14(16)18)11(15)8-9/h3-8,12,17H,2H2,1H3,(H2,16,18). The lowest BCUT2D eigenvalue weighted by Crippen LogP contribution is -2.13. The van der Waals surface area contributed by atoms with E-state index in [9.17, 15) is 4.39 Å². The number of thiophene rings is 1. The number of nitrogens with two attached hydrogens (primary N) is 1. The summed E-state index contributed by atoms with van der Waals surface area (Å²) in [5.74, 6) is -0.390. The molecule has 0 aliphatic carbocycles. The predicted octanol–water partition coefficient (Wildman–Crippen LogP) is 4.08. The van der Waals surface area contributed by atoms with Crippen LogP contribution in [0.3, 0.4) is 0 Å². The summed E-state index contributed by atoms with van der Waals surface area (Å²) in [6, 6.07) is 9.13. The van der Waals surface area contributed by atoms with Gasteiger partial charge < -0.3 is 11.1 Å². The third-order valence-corrected chi connectivity index (χ3v) is 4.08. The Kier molecular flexibility index (Phi) is 4.50. The van der Waals surface area contributed by atoms with Gasteiger partial charge in [0.25, 0.3) is 0 Å². The van der Waals surface area contributed by atoms with Gasteiger partial charge in [0.05, 0.1) is 6.04 Å². The van der Waals surface area contributed by atoms with Gasteiger partial charge in [-0.15, -0.1) is 11.3 Å². The molecule has 0 saturated heterocycles. The highest BCUT2D eigenvalue weighted by Gasteiger charge is 2.12. The summed E-state index contributed by atoms with van der Waals surface area (Å²) < 4.78 is 13.8. The molecule has 2 nitrogen and oxygen atoms in total. The molecule has 1 aromatic heterocycles. The minimum Gasteiger partial charge on any atom is -0.389 e. The summed E-state index contributed by atoms with van der Waals surface area (Å²) in [5, 5.41) is 5.36. The van der Waals surface area contributed by atoms with Crippen molar-refractivity contribution in [3.63, 3.8) is 0 Å². The van der Waals surface area contributed by atoms with E-state index >= 15 is 0 Å². The van der Waals surface area contributed by atoms with E-state index in [0.29, 0.717) is 0 Å². The third kappa shape index (κ3) is 3.30. The fourth-order valence-electron chi connectivity index (χ4n) is 1.87. The number of anilines is 1. The first-order chi connectivity index (χ1) is 9.11. The van der Waals surface area contributed by atoms with Crippen molar-refractivity contribution in [3.05, 3.63) is 52.0 Å². The molecule has 0 bridgehead atoms. The van der Waals surface area contributed by atoms with Crippen LogP contribution in [0, 0.1) is 5.82 Å². The number of hydrogen-bond donors (Lipinski definition) is 2. The molecular formula is C14H15FN2S2. The first kappa shape index (κ1) is 14.0. The quantitative estimate of drug-likeness (QED) is 0.816. The Balaban J connectivity index is 2.19. The zero-order valence-corrected chi connectivity index (χ0v) is 12.2. The van der Waals surface area contributed by atoms with Crippen LogP contribution in [0.4, 0.5) is 10.1 Å². The zero-order valence-electron chi connectivity index (χ0n) is 10.5. The average molecular weight is 294 g/mol. The van der Waals surface area contributed by atoms with E-state index < -0.39 is 5.82 Å². The number of nitrogens with one attached hydrogen (secondary N) is 1. The van der Waals surface area contributed by atoms with Crippen LogP contribution in [0.2, 0.25) is 0 Å². The molecule has 0 amide bonds. The number of hydrogen-bond acceptors (Lipinski definition) is 3. The minimum absolute atomic E-state index is 0.0781. The van der Waals surface area contributed by atoms with E-state index in [-0.39, 0.29) is 16.6 Å². The van der Waals surface area contributed by atoms with Gasteiger partial charge in [-0.25, -0.2) is 4.39 Å². The molecule has 0 aliphatic rings. The second kappa shape index (κ2) is 6.12. The molecule has 0 saturated carbocycles. The molecule has 3 N–H and O–H groups in total. The fourth-order valence-corrected chi connectivity index (χ4v) is 2.90. The van der Waals surface area contributed by atoms with Crippen LogP contribution in [0.1, 0.15) is 29.8 Å². The van der Waals surface area contributed by atoms with Gasteiger partial charge in [0, 0.05) is 16.1 Å². The van der Waals surface area contributed by atoms with E-state index in [1.165, 1.54) is 10.9 Å². The molecule has 1 heterocycles. The van der Waals surface area contributed by atoms with E-state index in [2.05, 4.69) is 18.3 Å². The second-order valence-corrected chi connectivity index (χ2v) is 5.60. The fraction of sp³-hybridized carbons (Fsp3) is 0.214. The molecule has 1 aromatic carbocycles. The maximum absolute atomic E-state index is 13.8. The van der Waals surface area contributed by atoms with E-state index in [4.69, 9.17) is 18.0 Å². The van der Waals surface area contributed by atoms with Crippen molar-refractivity contribution in [1.29, 1.82) is 0 Å². The Hall–Kier alpha value is -1.46. The van der Waals surface area contributed by atoms with Crippen LogP contribution in [-0.4, -0.2) is 4.99 Å². The number of benzene rings is 1. The Morgan fingerprint density at radius 1 is 1.47 bits per heavy atom. The Bertz CT molecular complexity index is 567. The molecule has 0 fully saturated rings. The summed E-state index contributed by atoms with van der Waals surface area (Å²) in [5.41, 5.74) is 6.46. The SMILES string of the molecule is CCC(Nc1ccc(C(N)=S)c(F)c1)c1cccs1. The van der Waals surface area contributed by atoms with E-state index in [1.54, 1.807) is 23.5 Å². The zero-order chi connectivity index (χ0) is 13.8. The normalized spacial score (nSPS) is 12.1. The highest BCUT2D eigenvalue weighted by atomic mass is 32.1. The van der Waals surface area contributed by atoms with E-state index in [0.717, 1.165) is 12.1 Å². The highest BCUT2D eigenvalue weighted by Crippen LogP contribution is 2.26. The number of rotatable bonds is 5. The molecule has 1 atom stereocenters. The van der Waals surface area contributed by atoms with Crippen LogP contribution in [0.25, 0.3) is 0 Å². The lowest BCUT2D eigenvalue weighted by Gasteiger charge is -2.17. The second-order valence-electron chi connectivity index (χ2n) is 4.18. The van der Waals surface area contributed by atoms with Crippen molar-refractivity contribution in [2.45, 2.75) is 19.4 Å². The first-order valence-corrected chi connectivity index (χ1v) is 7.30. The Morgan fingerprint density at radius 2 is 2.26 bits per heavy atom. The van der Waals surface area contributed by atoms with Gasteiger partial charge in [0.15, 0.2) is 0 Å². The largest absolute Gasteiger partial charge is 0.389 e. The molecular weight excluding hydrogens is 279 g/mol. The molecule has 19 heavy (non-hydrogen) atoms. The summed E-state index contributed by atoms with van der Waals surface area (Å²) in [7, 11) is 0. The molecule has 2 rings (SSSR count). The molecule has 5 heteroatoms. The first-order valence-electron chi connectivity index (χ1n) is 6.01. The highest BCUT2D eigenvalue weighted by molar-refractivity contribution is 7.80. The molecule has 0 radical (unpaired) electrons. The van der Waals surface area contributed by atoms with Gasteiger partial charge in [0.1, 0.15) is 10.8 Å². The van der Waals surface area contributed by atoms with Gasteiger partial charge in [-0.1, -0.05) is 25.2 Å². The van der Waals surface area contributed by atoms with Crippen LogP contribution in [0.15, 0.2) is 35.7 Å². The van der Waals surface area contributed by atoms with Crippen LogP contribution >= 0.6 is 23.6 Å². The van der Waals surface area contributed by atoms with Gasteiger partial charge in [0.2, 0.25) is 0 Å². The molecule has 1 unspecified atom stereocenters. The third-order valence-electron chi connectivity index (χ3n) is 2.87. The summed E-state index contributed by atoms with van der Waals surface area (Å²) in [6.07, 6.45) is 0.930. The summed E-state index contributed by atoms with van der Waals surface area (Å²) in [4.78, 5) is 1.32. The average Bonchev–Trinajstić information content (AvgIpc) is 2.89. The summed E-state index contributed by atoms with van der Waals surface area (Å²) in [6.45, 7) is 2.09. The predicted molar refractivity (Wildman–Crippen MR) is 83.3 cm³/mol. The van der Waals surface area contributed by atoms with Crippen LogP contribution in [0.5, 0.6) is 0 Å². The summed E-state index contributed by atoms with van der Waals surface area (Å²) >= 11 is 6.48. The maximum Gasteiger partial charge on any atom is 0.135 e. The van der Waals surface area contributed by atoms with E-state index in [1.807, 2.05) is 11.4 Å². The van der Waals surface area contributed by atoms with Crippen LogP contribution in [-0.2, 0) is 0 Å². The van der Waals surface area contributed by atoms with Gasteiger partial charge in [-0.3, -0.25) is 0 Å². The monoisotopic (exact) mass is 294 g/mol. The Morgan fingerprint density at radius 3 is 2.79 bits per heavy atom. The van der Waals surface area contributed by atoms with Crippen molar-refractivity contribution in [3.8, 4) is 0 Å². The number of halogens is 1. The number of thiocarbonyl (C=S) groups is 1. The topological polar surface area (TPSA) is 38.0 Å². The van der Waals surface area contributed by atoms with Crippen LogP contribution < -0.4 is 11.1 Å². The molecule has 0 aliphatic heterocycles. The lowest BCUT2D eigenvalue weighted by atomic mass is 10.1. The van der Waals surface area contributed by atoms with Gasteiger partial charge >= 0.3 is 0 Å². The van der Waals surface area contributed by atoms with Crippen molar-refractivity contribution in [2.75, 3.05) is 5.32 Å². The van der Waals surface area contributed by atoms with Crippen molar-refractivity contribution < 1.29 is 4.39 Å². The molecule has 2 aromatic rings. The minimum atomic E-state index is -0.390. The van der Waals surface area contributed by atoms with Gasteiger partial charge in [-0.2, -0.15) is 0 Å².